The molecule has 1 aromatic heterocycles. The van der Waals surface area contributed by atoms with Crippen molar-refractivity contribution in [3.8, 4) is 0 Å². The first-order valence-corrected chi connectivity index (χ1v) is 6.98. The zero-order valence-corrected chi connectivity index (χ0v) is 11.8. The molecule has 0 saturated heterocycles. The molecule has 7 heteroatoms. The van der Waals surface area contributed by atoms with Gasteiger partial charge in [0.15, 0.2) is 5.16 Å². The summed E-state index contributed by atoms with van der Waals surface area (Å²) < 4.78 is 1.48. The predicted molar refractivity (Wildman–Crippen MR) is 73.0 cm³/mol. The number of hydrogen-bond donors (Lipinski definition) is 2. The lowest BCUT2D eigenvalue weighted by Gasteiger charge is -2.17. The summed E-state index contributed by atoms with van der Waals surface area (Å²) >= 11 is 5.77. The van der Waals surface area contributed by atoms with Crippen LogP contribution in [0.25, 0.3) is 0 Å². The first kappa shape index (κ1) is 14.4. The third-order valence-corrected chi connectivity index (χ3v) is 4.24. The molecule has 0 fully saturated rings. The van der Waals surface area contributed by atoms with E-state index in [0.29, 0.717) is 17.0 Å². The molecule has 0 aliphatic carbocycles. The number of hydrogen-bond acceptors (Lipinski definition) is 5. The SMILES string of the molecule is CC(C)C(CS)CSc1nc(=O)c(=O)[nH]n1C. The predicted octanol–water partition coefficient (Wildman–Crippen LogP) is 0.763. The Balaban J connectivity index is 2.79. The van der Waals surface area contributed by atoms with Gasteiger partial charge in [0, 0.05) is 12.8 Å². The largest absolute Gasteiger partial charge is 0.339 e. The molecule has 0 spiro atoms. The molecule has 0 saturated carbocycles. The van der Waals surface area contributed by atoms with Crippen LogP contribution in [0.3, 0.4) is 0 Å². The van der Waals surface area contributed by atoms with Gasteiger partial charge in [0.1, 0.15) is 0 Å². The zero-order valence-electron chi connectivity index (χ0n) is 10.1. The second-order valence-electron chi connectivity index (χ2n) is 4.20. The number of rotatable bonds is 5. The fourth-order valence-electron chi connectivity index (χ4n) is 1.23. The average molecular weight is 275 g/mol. The summed E-state index contributed by atoms with van der Waals surface area (Å²) in [6, 6.07) is 0. The molecule has 5 nitrogen and oxygen atoms in total. The first-order valence-electron chi connectivity index (χ1n) is 5.36. The maximum Gasteiger partial charge on any atom is 0.339 e. The van der Waals surface area contributed by atoms with Crippen LogP contribution in [-0.2, 0) is 7.05 Å². The van der Waals surface area contributed by atoms with Gasteiger partial charge in [-0.05, 0) is 17.6 Å². The van der Waals surface area contributed by atoms with E-state index >= 15 is 0 Å². The van der Waals surface area contributed by atoms with Gasteiger partial charge in [-0.25, -0.2) is 0 Å². The number of thiol groups is 1. The highest BCUT2D eigenvalue weighted by molar-refractivity contribution is 7.99. The van der Waals surface area contributed by atoms with Crippen molar-refractivity contribution in [1.29, 1.82) is 0 Å². The Morgan fingerprint density at radius 1 is 1.47 bits per heavy atom. The minimum atomic E-state index is -0.738. The van der Waals surface area contributed by atoms with Gasteiger partial charge in [0.2, 0.25) is 0 Å². The quantitative estimate of drug-likeness (QED) is 0.473. The average Bonchev–Trinajstić information content (AvgIpc) is 2.25. The van der Waals surface area contributed by atoms with Crippen molar-refractivity contribution in [2.75, 3.05) is 11.5 Å². The van der Waals surface area contributed by atoms with E-state index in [4.69, 9.17) is 0 Å². The number of thioether (sulfide) groups is 1. The van der Waals surface area contributed by atoms with Crippen molar-refractivity contribution in [1.82, 2.24) is 14.8 Å². The van der Waals surface area contributed by atoms with E-state index in [-0.39, 0.29) is 0 Å². The topological polar surface area (TPSA) is 67.8 Å². The second-order valence-corrected chi connectivity index (χ2v) is 5.55. The van der Waals surface area contributed by atoms with Gasteiger partial charge in [0.05, 0.1) is 0 Å². The van der Waals surface area contributed by atoms with E-state index in [1.165, 1.54) is 16.4 Å². The van der Waals surface area contributed by atoms with Gasteiger partial charge in [-0.2, -0.15) is 17.6 Å². The molecule has 0 aromatic carbocycles. The third kappa shape index (κ3) is 3.92. The highest BCUT2D eigenvalue weighted by Crippen LogP contribution is 2.22. The molecule has 96 valence electrons. The fraction of sp³-hybridized carbons (Fsp3) is 0.700. The van der Waals surface area contributed by atoms with Crippen molar-refractivity contribution in [3.63, 3.8) is 0 Å². The van der Waals surface area contributed by atoms with Crippen LogP contribution in [0, 0.1) is 11.8 Å². The van der Waals surface area contributed by atoms with Gasteiger partial charge in [-0.15, -0.1) is 0 Å². The fourth-order valence-corrected chi connectivity index (χ4v) is 3.21. The Morgan fingerprint density at radius 3 is 2.65 bits per heavy atom. The Kier molecular flexibility index (Phi) is 5.32. The van der Waals surface area contributed by atoms with Gasteiger partial charge < -0.3 is 0 Å². The summed E-state index contributed by atoms with van der Waals surface area (Å²) in [4.78, 5) is 25.9. The minimum absolute atomic E-state index is 0.451. The summed E-state index contributed by atoms with van der Waals surface area (Å²) in [5.74, 6) is 2.60. The van der Waals surface area contributed by atoms with E-state index in [0.717, 1.165) is 11.5 Å². The van der Waals surface area contributed by atoms with E-state index in [2.05, 4.69) is 36.6 Å². The lowest BCUT2D eigenvalue weighted by molar-refractivity contribution is 0.472. The van der Waals surface area contributed by atoms with Crippen LogP contribution in [0.1, 0.15) is 13.8 Å². The lowest BCUT2D eigenvalue weighted by atomic mass is 10.0. The molecule has 1 atom stereocenters. The molecular formula is C10H17N3O2S2. The smallest absolute Gasteiger partial charge is 0.265 e. The molecule has 1 rings (SSSR count). The molecule has 17 heavy (non-hydrogen) atoms. The third-order valence-electron chi connectivity index (χ3n) is 2.55. The molecule has 0 aliphatic rings. The first-order chi connectivity index (χ1) is 7.95. The van der Waals surface area contributed by atoms with Crippen LogP contribution in [0.4, 0.5) is 0 Å². The number of nitrogens with one attached hydrogen (secondary N) is 1. The second kappa shape index (κ2) is 6.30. The molecule has 1 N–H and O–H groups in total. The number of H-pyrrole nitrogens is 1. The number of aromatic nitrogens is 3. The molecule has 0 bridgehead atoms. The van der Waals surface area contributed by atoms with E-state index < -0.39 is 11.1 Å². The summed E-state index contributed by atoms with van der Waals surface area (Å²) in [5.41, 5.74) is -1.43. The number of nitrogens with zero attached hydrogens (tertiary/aromatic N) is 2. The van der Waals surface area contributed by atoms with E-state index in [1.807, 2.05) is 0 Å². The maximum atomic E-state index is 11.1. The van der Waals surface area contributed by atoms with E-state index in [9.17, 15) is 9.59 Å². The molecule has 1 heterocycles. The summed E-state index contributed by atoms with van der Waals surface area (Å²) in [7, 11) is 1.67. The summed E-state index contributed by atoms with van der Waals surface area (Å²) in [5, 5.41) is 2.95. The minimum Gasteiger partial charge on any atom is -0.265 e. The zero-order chi connectivity index (χ0) is 13.0. The van der Waals surface area contributed by atoms with Crippen molar-refractivity contribution < 1.29 is 0 Å². The number of aryl methyl sites for hydroxylation is 1. The van der Waals surface area contributed by atoms with E-state index in [1.54, 1.807) is 7.05 Å². The van der Waals surface area contributed by atoms with Gasteiger partial charge in [-0.1, -0.05) is 25.6 Å². The van der Waals surface area contributed by atoms with Crippen LogP contribution in [0.5, 0.6) is 0 Å². The molecule has 0 radical (unpaired) electrons. The van der Waals surface area contributed by atoms with Gasteiger partial charge in [-0.3, -0.25) is 19.4 Å². The Morgan fingerprint density at radius 2 is 2.12 bits per heavy atom. The summed E-state index contributed by atoms with van der Waals surface area (Å²) in [6.07, 6.45) is 0. The molecule has 1 aromatic rings. The maximum absolute atomic E-state index is 11.1. The van der Waals surface area contributed by atoms with Crippen LogP contribution < -0.4 is 11.1 Å². The highest BCUT2D eigenvalue weighted by atomic mass is 32.2. The van der Waals surface area contributed by atoms with Gasteiger partial charge >= 0.3 is 11.1 Å². The van der Waals surface area contributed by atoms with Crippen LogP contribution in [-0.4, -0.2) is 26.3 Å². The Labute approximate surface area is 109 Å². The normalized spacial score (nSPS) is 13.0. The standard InChI is InChI=1S/C10H17N3O2S2/c1-6(2)7(4-16)5-17-10-11-8(14)9(15)12-13(10)3/h6-7,16H,4-5H2,1-3H3,(H,12,15). The Bertz CT molecular complexity index is 481. The van der Waals surface area contributed by atoms with Crippen LogP contribution >= 0.6 is 24.4 Å². The van der Waals surface area contributed by atoms with Crippen LogP contribution in [0.2, 0.25) is 0 Å². The highest BCUT2D eigenvalue weighted by Gasteiger charge is 2.13. The molecule has 0 aliphatic heterocycles. The van der Waals surface area contributed by atoms with Crippen LogP contribution in [0.15, 0.2) is 14.7 Å². The Hall–Kier alpha value is -0.690. The van der Waals surface area contributed by atoms with Crippen molar-refractivity contribution in [2.45, 2.75) is 19.0 Å². The molecule has 0 amide bonds. The molecule has 1 unspecified atom stereocenters. The summed E-state index contributed by atoms with van der Waals surface area (Å²) in [6.45, 7) is 4.28. The van der Waals surface area contributed by atoms with Gasteiger partial charge in [0.25, 0.3) is 0 Å². The van der Waals surface area contributed by atoms with Crippen molar-refractivity contribution in [3.05, 3.63) is 20.7 Å². The van der Waals surface area contributed by atoms with Crippen molar-refractivity contribution in [2.24, 2.45) is 18.9 Å². The lowest BCUT2D eigenvalue weighted by Crippen LogP contribution is -2.34. The molecular weight excluding hydrogens is 258 g/mol. The van der Waals surface area contributed by atoms with Crippen molar-refractivity contribution >= 4 is 24.4 Å². The monoisotopic (exact) mass is 275 g/mol. The number of aromatic amines is 1.